The minimum absolute atomic E-state index is 0.0737. The second kappa shape index (κ2) is 4.86. The minimum Gasteiger partial charge on any atom is -0.480 e. The Morgan fingerprint density at radius 3 is 2.57 bits per heavy atom. The van der Waals surface area contributed by atoms with Crippen LogP contribution >= 0.6 is 0 Å². The zero-order valence-electron chi connectivity index (χ0n) is 10.5. The standard InChI is InChI=1S/C11H11F3N4O3/c12-11(13,14)6-4-10(9(20)21,8(19)16-6)3-5-1-2-7(15)18-17-5/h1-2,6H,3-4H2,(H2,15,18)(H,16,19)(H,20,21)/t6-,10?/m0/s1. The lowest BCUT2D eigenvalue weighted by Crippen LogP contribution is -2.41. The van der Waals surface area contributed by atoms with Crippen molar-refractivity contribution < 1.29 is 27.9 Å². The zero-order chi connectivity index (χ0) is 15.8. The maximum absolute atomic E-state index is 12.7. The van der Waals surface area contributed by atoms with Gasteiger partial charge in [-0.3, -0.25) is 9.59 Å². The van der Waals surface area contributed by atoms with Crippen molar-refractivity contribution in [2.24, 2.45) is 5.41 Å². The molecule has 1 saturated heterocycles. The zero-order valence-corrected chi connectivity index (χ0v) is 10.5. The molecule has 2 rings (SSSR count). The molecule has 7 nitrogen and oxygen atoms in total. The fourth-order valence-electron chi connectivity index (χ4n) is 2.17. The van der Waals surface area contributed by atoms with Crippen LogP contribution in [-0.4, -0.2) is 39.4 Å². The Labute approximate surface area is 116 Å². The molecule has 1 aromatic rings. The van der Waals surface area contributed by atoms with E-state index in [1.807, 2.05) is 0 Å². The minimum atomic E-state index is -4.71. The first-order valence-electron chi connectivity index (χ1n) is 5.84. The molecular weight excluding hydrogens is 293 g/mol. The van der Waals surface area contributed by atoms with Crippen molar-refractivity contribution in [2.45, 2.75) is 25.1 Å². The lowest BCUT2D eigenvalue weighted by atomic mass is 9.80. The van der Waals surface area contributed by atoms with Gasteiger partial charge in [0.2, 0.25) is 5.91 Å². The molecule has 10 heteroatoms. The number of aromatic nitrogens is 2. The number of carboxylic acid groups (broad SMARTS) is 1. The summed E-state index contributed by atoms with van der Waals surface area (Å²) in [5.41, 5.74) is 3.17. The van der Waals surface area contributed by atoms with Crippen LogP contribution in [0.1, 0.15) is 12.1 Å². The molecule has 0 saturated carbocycles. The average molecular weight is 304 g/mol. The molecule has 1 fully saturated rings. The van der Waals surface area contributed by atoms with E-state index >= 15 is 0 Å². The van der Waals surface area contributed by atoms with Crippen LogP contribution in [0.3, 0.4) is 0 Å². The lowest BCUT2D eigenvalue weighted by molar-refractivity contribution is -0.158. The van der Waals surface area contributed by atoms with Crippen LogP contribution in [0.25, 0.3) is 0 Å². The number of nitrogen functional groups attached to an aromatic ring is 1. The normalized spacial score (nSPS) is 25.7. The smallest absolute Gasteiger partial charge is 0.408 e. The molecule has 1 amide bonds. The second-order valence-corrected chi connectivity index (χ2v) is 4.79. The third-order valence-electron chi connectivity index (χ3n) is 3.32. The summed E-state index contributed by atoms with van der Waals surface area (Å²) in [5.74, 6) is -2.74. The topological polar surface area (TPSA) is 118 Å². The van der Waals surface area contributed by atoms with E-state index in [4.69, 9.17) is 5.73 Å². The summed E-state index contributed by atoms with van der Waals surface area (Å²) in [5, 5.41) is 18.0. The number of hydrogen-bond donors (Lipinski definition) is 3. The highest BCUT2D eigenvalue weighted by Crippen LogP contribution is 2.39. The molecule has 114 valence electrons. The van der Waals surface area contributed by atoms with E-state index in [-0.39, 0.29) is 11.5 Å². The molecule has 1 aromatic heterocycles. The number of nitrogens with one attached hydrogen (secondary N) is 1. The maximum atomic E-state index is 12.7. The van der Waals surface area contributed by atoms with Crippen LogP contribution < -0.4 is 11.1 Å². The van der Waals surface area contributed by atoms with Crippen molar-refractivity contribution in [1.29, 1.82) is 0 Å². The highest BCUT2D eigenvalue weighted by molar-refractivity contribution is 6.04. The number of carbonyl (C=O) groups is 2. The summed E-state index contributed by atoms with van der Waals surface area (Å²) >= 11 is 0. The molecular formula is C11H11F3N4O3. The third kappa shape index (κ3) is 2.73. The molecule has 1 aliphatic rings. The number of carboxylic acids is 1. The van der Waals surface area contributed by atoms with Gasteiger partial charge in [0.05, 0.1) is 5.69 Å². The number of halogens is 3. The fraction of sp³-hybridized carbons (Fsp3) is 0.455. The number of carbonyl (C=O) groups excluding carboxylic acids is 1. The molecule has 0 spiro atoms. The molecule has 21 heavy (non-hydrogen) atoms. The van der Waals surface area contributed by atoms with E-state index in [1.54, 1.807) is 5.32 Å². The van der Waals surface area contributed by atoms with Crippen LogP contribution in [0.5, 0.6) is 0 Å². The predicted molar refractivity (Wildman–Crippen MR) is 62.8 cm³/mol. The molecule has 0 aliphatic carbocycles. The summed E-state index contributed by atoms with van der Waals surface area (Å²) in [6.45, 7) is 0. The van der Waals surface area contributed by atoms with Gasteiger partial charge in [-0.05, 0) is 12.1 Å². The van der Waals surface area contributed by atoms with Gasteiger partial charge in [0.15, 0.2) is 5.41 Å². The Hall–Kier alpha value is -2.39. The van der Waals surface area contributed by atoms with Gasteiger partial charge in [-0.2, -0.15) is 18.3 Å². The lowest BCUT2D eigenvalue weighted by Gasteiger charge is -2.20. The predicted octanol–water partition coefficient (Wildman–Crippen LogP) is 0.123. The number of nitrogens with zero attached hydrogens (tertiary/aromatic N) is 2. The third-order valence-corrected chi connectivity index (χ3v) is 3.32. The van der Waals surface area contributed by atoms with Crippen LogP contribution in [0.15, 0.2) is 12.1 Å². The van der Waals surface area contributed by atoms with E-state index in [1.165, 1.54) is 12.1 Å². The second-order valence-electron chi connectivity index (χ2n) is 4.79. The van der Waals surface area contributed by atoms with Gasteiger partial charge in [-0.1, -0.05) is 0 Å². The highest BCUT2D eigenvalue weighted by atomic mass is 19.4. The molecule has 0 bridgehead atoms. The van der Waals surface area contributed by atoms with Gasteiger partial charge in [0.1, 0.15) is 11.9 Å². The molecule has 2 atom stereocenters. The van der Waals surface area contributed by atoms with Crippen LogP contribution in [0.2, 0.25) is 0 Å². The first-order chi connectivity index (χ1) is 9.65. The number of rotatable bonds is 3. The summed E-state index contributed by atoms with van der Waals surface area (Å²) in [6, 6.07) is 0.454. The van der Waals surface area contributed by atoms with Crippen LogP contribution in [0, 0.1) is 5.41 Å². The van der Waals surface area contributed by atoms with Crippen molar-refractivity contribution >= 4 is 17.7 Å². The first kappa shape index (κ1) is 15.0. The van der Waals surface area contributed by atoms with E-state index in [0.29, 0.717) is 0 Å². The van der Waals surface area contributed by atoms with Gasteiger partial charge in [-0.25, -0.2) is 0 Å². The SMILES string of the molecule is Nc1ccc(CC2(C(=O)O)C[C@@H](C(F)(F)F)NC2=O)nn1. The summed E-state index contributed by atoms with van der Waals surface area (Å²) in [7, 11) is 0. The average Bonchev–Trinajstić information content (AvgIpc) is 2.71. The van der Waals surface area contributed by atoms with Gasteiger partial charge in [0.25, 0.3) is 0 Å². The Kier molecular flexibility index (Phi) is 3.47. The quantitative estimate of drug-likeness (QED) is 0.683. The molecule has 1 aliphatic heterocycles. The molecule has 1 unspecified atom stereocenters. The van der Waals surface area contributed by atoms with Crippen LogP contribution in [-0.2, 0) is 16.0 Å². The molecule has 0 aromatic carbocycles. The molecule has 2 heterocycles. The number of alkyl halides is 3. The van der Waals surface area contributed by atoms with Gasteiger partial charge in [-0.15, -0.1) is 5.10 Å². The van der Waals surface area contributed by atoms with Crippen molar-refractivity contribution in [1.82, 2.24) is 15.5 Å². The summed E-state index contributed by atoms with van der Waals surface area (Å²) in [6.07, 6.45) is -6.09. The molecule has 4 N–H and O–H groups in total. The summed E-state index contributed by atoms with van der Waals surface area (Å²) in [4.78, 5) is 23.2. The van der Waals surface area contributed by atoms with E-state index in [2.05, 4.69) is 10.2 Å². The highest BCUT2D eigenvalue weighted by Gasteiger charge is 2.59. The van der Waals surface area contributed by atoms with E-state index in [9.17, 15) is 27.9 Å². The Bertz CT molecular complexity index is 575. The van der Waals surface area contributed by atoms with Gasteiger partial charge < -0.3 is 16.2 Å². The van der Waals surface area contributed by atoms with Crippen molar-refractivity contribution in [3.05, 3.63) is 17.8 Å². The monoisotopic (exact) mass is 304 g/mol. The number of aliphatic carboxylic acids is 1. The van der Waals surface area contributed by atoms with Gasteiger partial charge >= 0.3 is 12.1 Å². The Morgan fingerprint density at radius 1 is 1.48 bits per heavy atom. The number of anilines is 1. The van der Waals surface area contributed by atoms with Gasteiger partial charge in [0, 0.05) is 12.8 Å². The van der Waals surface area contributed by atoms with E-state index in [0.717, 1.165) is 0 Å². The van der Waals surface area contributed by atoms with E-state index < -0.39 is 42.4 Å². The Balaban J connectivity index is 2.32. The molecule has 0 radical (unpaired) electrons. The maximum Gasteiger partial charge on any atom is 0.408 e. The Morgan fingerprint density at radius 2 is 2.14 bits per heavy atom. The van der Waals surface area contributed by atoms with Crippen molar-refractivity contribution in [2.75, 3.05) is 5.73 Å². The summed E-state index contributed by atoms with van der Waals surface area (Å²) < 4.78 is 38.0. The fourth-order valence-corrected chi connectivity index (χ4v) is 2.17. The number of amides is 1. The first-order valence-corrected chi connectivity index (χ1v) is 5.84. The van der Waals surface area contributed by atoms with Crippen molar-refractivity contribution in [3.8, 4) is 0 Å². The number of hydrogen-bond acceptors (Lipinski definition) is 5. The number of nitrogens with two attached hydrogens (primary N) is 1. The van der Waals surface area contributed by atoms with Crippen molar-refractivity contribution in [3.63, 3.8) is 0 Å². The largest absolute Gasteiger partial charge is 0.480 e. The van der Waals surface area contributed by atoms with Crippen LogP contribution in [0.4, 0.5) is 19.0 Å².